The maximum Gasteiger partial charge on any atom is 0.0686 e. The maximum absolute atomic E-state index is 2.33. The molecule has 0 heterocycles. The molecule has 9 heavy (non-hydrogen) atoms. The summed E-state index contributed by atoms with van der Waals surface area (Å²) in [5.41, 5.74) is 2.33. The summed E-state index contributed by atoms with van der Waals surface area (Å²) in [6.45, 7) is 9.02. The second-order valence-corrected chi connectivity index (χ2v) is 8.32. The highest BCUT2D eigenvalue weighted by molar-refractivity contribution is 6.80. The molecule has 0 aliphatic rings. The van der Waals surface area contributed by atoms with Crippen LogP contribution in [0.5, 0.6) is 0 Å². The zero-order valence-corrected chi connectivity index (χ0v) is 7.81. The molecule has 0 aromatic heterocycles. The van der Waals surface area contributed by atoms with E-state index in [0.29, 0.717) is 0 Å². The average molecular weight is 140 g/mol. The summed E-state index contributed by atoms with van der Waals surface area (Å²) in [5.74, 6) is 0. The van der Waals surface area contributed by atoms with E-state index in [9.17, 15) is 0 Å². The second-order valence-electron chi connectivity index (χ2n) is 3.25. The third-order valence-corrected chi connectivity index (χ3v) is 2.09. The molecule has 0 aliphatic carbocycles. The number of rotatable bonds is 2. The van der Waals surface area contributed by atoms with E-state index in [2.05, 4.69) is 43.6 Å². The lowest BCUT2D eigenvalue weighted by Crippen LogP contribution is -2.14. The molecule has 52 valence electrons. The van der Waals surface area contributed by atoms with Crippen molar-refractivity contribution in [1.82, 2.24) is 0 Å². The zero-order chi connectivity index (χ0) is 7.33. The molecule has 0 atom stereocenters. The van der Waals surface area contributed by atoms with Crippen molar-refractivity contribution in [2.75, 3.05) is 0 Å². The quantitative estimate of drug-likeness (QED) is 0.408. The van der Waals surface area contributed by atoms with E-state index < -0.39 is 8.07 Å². The number of allylic oxidation sites excluding steroid dienone is 3. The Bertz CT molecular complexity index is 115. The molecule has 0 bridgehead atoms. The molecular formula is C8H16Si. The van der Waals surface area contributed by atoms with Crippen LogP contribution in [0, 0.1) is 0 Å². The van der Waals surface area contributed by atoms with Crippen molar-refractivity contribution in [2.45, 2.75) is 26.6 Å². The normalized spacial score (nSPS) is 13.8. The Hall–Kier alpha value is -0.303. The third-order valence-electron chi connectivity index (χ3n) is 0.900. The Kier molecular flexibility index (Phi) is 3.55. The van der Waals surface area contributed by atoms with Gasteiger partial charge in [-0.3, -0.25) is 0 Å². The second kappa shape index (κ2) is 3.67. The Balaban J connectivity index is 3.71. The van der Waals surface area contributed by atoms with Crippen molar-refractivity contribution in [3.63, 3.8) is 0 Å². The van der Waals surface area contributed by atoms with Gasteiger partial charge in [0.15, 0.2) is 0 Å². The first-order chi connectivity index (χ1) is 4.06. The van der Waals surface area contributed by atoms with Gasteiger partial charge in [-0.15, -0.1) is 0 Å². The fourth-order valence-corrected chi connectivity index (χ4v) is 1.14. The molecule has 0 fully saturated rings. The molecule has 0 nitrogen and oxygen atoms in total. The summed E-state index contributed by atoms with van der Waals surface area (Å²) in [7, 11) is -0.926. The van der Waals surface area contributed by atoms with Gasteiger partial charge in [-0.25, -0.2) is 0 Å². The average Bonchev–Trinajstić information content (AvgIpc) is 1.63. The van der Waals surface area contributed by atoms with Crippen molar-refractivity contribution >= 4 is 8.07 Å². The van der Waals surface area contributed by atoms with Gasteiger partial charge in [0.1, 0.15) is 0 Å². The summed E-state index contributed by atoms with van der Waals surface area (Å²) in [6, 6.07) is 0. The van der Waals surface area contributed by atoms with Crippen molar-refractivity contribution in [3.05, 3.63) is 23.9 Å². The van der Waals surface area contributed by atoms with Crippen molar-refractivity contribution in [3.8, 4) is 0 Å². The van der Waals surface area contributed by atoms with Crippen LogP contribution in [0.3, 0.4) is 0 Å². The number of hydrogen-bond donors (Lipinski definition) is 0. The van der Waals surface area contributed by atoms with E-state index in [1.54, 1.807) is 0 Å². The van der Waals surface area contributed by atoms with Crippen molar-refractivity contribution in [1.29, 1.82) is 0 Å². The lowest BCUT2D eigenvalue weighted by molar-refractivity contribution is 1.71. The van der Waals surface area contributed by atoms with Gasteiger partial charge in [0.25, 0.3) is 0 Å². The largest absolute Gasteiger partial charge is 0.0950 e. The van der Waals surface area contributed by atoms with Gasteiger partial charge in [-0.1, -0.05) is 43.6 Å². The first-order valence-corrected chi connectivity index (χ1v) is 6.94. The first kappa shape index (κ1) is 8.70. The fraction of sp³-hybridized carbons (Fsp3) is 0.500. The van der Waals surface area contributed by atoms with Crippen LogP contribution in [0.1, 0.15) is 6.92 Å². The molecular weight excluding hydrogens is 124 g/mol. The van der Waals surface area contributed by atoms with Crippen molar-refractivity contribution in [2.24, 2.45) is 0 Å². The Labute approximate surface area is 59.3 Å². The zero-order valence-electron chi connectivity index (χ0n) is 6.81. The molecule has 0 aliphatic heterocycles. The van der Waals surface area contributed by atoms with Gasteiger partial charge in [0.2, 0.25) is 0 Å². The van der Waals surface area contributed by atoms with Crippen LogP contribution in [0.15, 0.2) is 23.9 Å². The van der Waals surface area contributed by atoms with Crippen LogP contribution >= 0.6 is 0 Å². The monoisotopic (exact) mass is 140 g/mol. The SMILES string of the molecule is CC=C/C=C/[Si](C)(C)C. The summed E-state index contributed by atoms with van der Waals surface area (Å²) in [4.78, 5) is 0. The van der Waals surface area contributed by atoms with E-state index in [1.807, 2.05) is 6.92 Å². The molecule has 0 radical (unpaired) electrons. The van der Waals surface area contributed by atoms with E-state index in [-0.39, 0.29) is 0 Å². The topological polar surface area (TPSA) is 0 Å². The van der Waals surface area contributed by atoms with Crippen molar-refractivity contribution < 1.29 is 0 Å². The molecule has 1 heteroatoms. The predicted octanol–water partition coefficient (Wildman–Crippen LogP) is 3.00. The molecule has 0 unspecified atom stereocenters. The summed E-state index contributed by atoms with van der Waals surface area (Å²) in [5, 5.41) is 0. The van der Waals surface area contributed by atoms with Crippen LogP contribution in [0.4, 0.5) is 0 Å². The maximum atomic E-state index is 2.33. The van der Waals surface area contributed by atoms with Crippen LogP contribution in [-0.4, -0.2) is 8.07 Å². The number of hydrogen-bond acceptors (Lipinski definition) is 0. The molecule has 0 spiro atoms. The molecule has 0 amide bonds. The minimum absolute atomic E-state index is 0.926. The van der Waals surface area contributed by atoms with Gasteiger partial charge in [-0.2, -0.15) is 0 Å². The predicted molar refractivity (Wildman–Crippen MR) is 47.3 cm³/mol. The Morgan fingerprint density at radius 1 is 1.00 bits per heavy atom. The molecule has 0 saturated carbocycles. The van der Waals surface area contributed by atoms with Crippen LogP contribution in [-0.2, 0) is 0 Å². The lowest BCUT2D eigenvalue weighted by Gasteiger charge is -2.06. The Morgan fingerprint density at radius 2 is 1.56 bits per heavy atom. The smallest absolute Gasteiger partial charge is 0.0686 e. The third kappa shape index (κ3) is 7.70. The first-order valence-electron chi connectivity index (χ1n) is 3.37. The minimum Gasteiger partial charge on any atom is -0.0950 e. The van der Waals surface area contributed by atoms with E-state index >= 15 is 0 Å². The summed E-state index contributed by atoms with van der Waals surface area (Å²) >= 11 is 0. The van der Waals surface area contributed by atoms with Gasteiger partial charge in [-0.05, 0) is 6.92 Å². The molecule has 0 rings (SSSR count). The van der Waals surface area contributed by atoms with Gasteiger partial charge in [0, 0.05) is 0 Å². The summed E-state index contributed by atoms with van der Waals surface area (Å²) in [6.07, 6.45) is 6.28. The minimum atomic E-state index is -0.926. The highest BCUT2D eigenvalue weighted by Crippen LogP contribution is 2.01. The van der Waals surface area contributed by atoms with E-state index in [0.717, 1.165) is 0 Å². The highest BCUT2D eigenvalue weighted by atomic mass is 28.3. The van der Waals surface area contributed by atoms with Crippen LogP contribution in [0.2, 0.25) is 19.6 Å². The van der Waals surface area contributed by atoms with E-state index in [4.69, 9.17) is 0 Å². The standard InChI is InChI=1S/C8H16Si/c1-5-6-7-8-9(2,3)4/h5-8H,1-4H3/b6-5?,8-7+. The highest BCUT2D eigenvalue weighted by Gasteiger charge is 2.04. The molecule has 0 aromatic carbocycles. The van der Waals surface area contributed by atoms with Gasteiger partial charge < -0.3 is 0 Å². The molecule has 0 N–H and O–H groups in total. The lowest BCUT2D eigenvalue weighted by atomic mass is 10.5. The fourth-order valence-electron chi connectivity index (χ4n) is 0.455. The van der Waals surface area contributed by atoms with E-state index in [1.165, 1.54) is 0 Å². The summed E-state index contributed by atoms with van der Waals surface area (Å²) < 4.78 is 0. The molecule has 0 aromatic rings. The van der Waals surface area contributed by atoms with Crippen LogP contribution < -0.4 is 0 Å². The van der Waals surface area contributed by atoms with Crippen LogP contribution in [0.25, 0.3) is 0 Å². The van der Waals surface area contributed by atoms with Gasteiger partial charge >= 0.3 is 0 Å². The van der Waals surface area contributed by atoms with Gasteiger partial charge in [0.05, 0.1) is 8.07 Å². The molecule has 0 saturated heterocycles. The Morgan fingerprint density at radius 3 is 1.89 bits per heavy atom.